The minimum Gasteiger partial charge on any atom is -0.309 e. The molecule has 1 N–H and O–H groups in total. The van der Waals surface area contributed by atoms with Gasteiger partial charge in [0.15, 0.2) is 0 Å². The fourth-order valence-electron chi connectivity index (χ4n) is 1.21. The summed E-state index contributed by atoms with van der Waals surface area (Å²) in [5.41, 5.74) is 1.19. The molecule has 14 heavy (non-hydrogen) atoms. The molecule has 74 valence electrons. The van der Waals surface area contributed by atoms with Gasteiger partial charge in [-0.1, -0.05) is 23.7 Å². The predicted octanol–water partition coefficient (Wildman–Crippen LogP) is 2.90. The first-order chi connectivity index (χ1) is 6.74. The van der Waals surface area contributed by atoms with Crippen LogP contribution in [-0.2, 0) is 0 Å². The molecule has 0 spiro atoms. The molecule has 1 rings (SSSR count). The Kier molecular flexibility index (Phi) is 4.45. The molecule has 1 aromatic rings. The Bertz CT molecular complexity index is 313. The average Bonchev–Trinajstić information content (AvgIpc) is 2.19. The molecule has 0 fully saturated rings. The number of hydrogen-bond donors (Lipinski definition) is 1. The summed E-state index contributed by atoms with van der Waals surface area (Å²) in [4.78, 5) is 0. The van der Waals surface area contributed by atoms with E-state index in [2.05, 4.69) is 18.3 Å². The van der Waals surface area contributed by atoms with Gasteiger partial charge in [0.1, 0.15) is 0 Å². The summed E-state index contributed by atoms with van der Waals surface area (Å²) in [5, 5.41) is 12.4. The Morgan fingerprint density at radius 3 is 2.64 bits per heavy atom. The van der Waals surface area contributed by atoms with Gasteiger partial charge in [-0.3, -0.25) is 0 Å². The lowest BCUT2D eigenvalue weighted by atomic mass is 10.1. The number of nitrogens with one attached hydrogen (secondary N) is 1. The van der Waals surface area contributed by atoms with Crippen molar-refractivity contribution < 1.29 is 0 Å². The fourth-order valence-corrected chi connectivity index (χ4v) is 1.34. The van der Waals surface area contributed by atoms with E-state index in [1.807, 2.05) is 24.3 Å². The highest BCUT2D eigenvalue weighted by molar-refractivity contribution is 6.30. The maximum atomic E-state index is 8.38. The van der Waals surface area contributed by atoms with E-state index in [-0.39, 0.29) is 6.04 Å². The van der Waals surface area contributed by atoms with Crippen LogP contribution in [0.2, 0.25) is 5.02 Å². The van der Waals surface area contributed by atoms with Crippen molar-refractivity contribution in [2.75, 3.05) is 6.54 Å². The molecule has 0 saturated heterocycles. The predicted molar refractivity (Wildman–Crippen MR) is 58.1 cm³/mol. The van der Waals surface area contributed by atoms with Crippen LogP contribution in [0.3, 0.4) is 0 Å². The second-order valence-electron chi connectivity index (χ2n) is 3.14. The molecule has 0 saturated carbocycles. The van der Waals surface area contributed by atoms with Gasteiger partial charge in [0.05, 0.1) is 6.07 Å². The van der Waals surface area contributed by atoms with Gasteiger partial charge in [0.25, 0.3) is 0 Å². The van der Waals surface area contributed by atoms with E-state index in [1.165, 1.54) is 5.56 Å². The van der Waals surface area contributed by atoms with Gasteiger partial charge in [-0.05, 0) is 24.6 Å². The van der Waals surface area contributed by atoms with Crippen molar-refractivity contribution >= 4 is 11.6 Å². The minimum atomic E-state index is 0.264. The van der Waals surface area contributed by atoms with Crippen molar-refractivity contribution in [2.24, 2.45) is 0 Å². The molecule has 0 aliphatic carbocycles. The third kappa shape index (κ3) is 3.37. The molecule has 0 heterocycles. The summed E-state index contributed by atoms with van der Waals surface area (Å²) in [6.07, 6.45) is 0.540. The summed E-state index contributed by atoms with van der Waals surface area (Å²) >= 11 is 5.78. The Labute approximate surface area is 89.5 Å². The van der Waals surface area contributed by atoms with Gasteiger partial charge in [-0.25, -0.2) is 0 Å². The van der Waals surface area contributed by atoms with Crippen LogP contribution in [0.15, 0.2) is 24.3 Å². The van der Waals surface area contributed by atoms with Crippen LogP contribution >= 0.6 is 11.6 Å². The van der Waals surface area contributed by atoms with Gasteiger partial charge in [0, 0.05) is 24.0 Å². The molecule has 0 amide bonds. The van der Waals surface area contributed by atoms with E-state index in [0.29, 0.717) is 6.42 Å². The molecule has 0 aliphatic heterocycles. The number of nitrogens with zero attached hydrogens (tertiary/aromatic N) is 1. The highest BCUT2D eigenvalue weighted by Gasteiger charge is 2.02. The zero-order valence-electron chi connectivity index (χ0n) is 8.13. The lowest BCUT2D eigenvalue weighted by molar-refractivity contribution is 0.583. The second-order valence-corrected chi connectivity index (χ2v) is 3.57. The quantitative estimate of drug-likeness (QED) is 0.773. The van der Waals surface area contributed by atoms with Crippen LogP contribution in [0.4, 0.5) is 0 Å². The number of rotatable bonds is 4. The van der Waals surface area contributed by atoms with Crippen LogP contribution in [0, 0.1) is 11.3 Å². The monoisotopic (exact) mass is 208 g/mol. The van der Waals surface area contributed by atoms with E-state index in [9.17, 15) is 0 Å². The Morgan fingerprint density at radius 1 is 1.43 bits per heavy atom. The molecule has 0 unspecified atom stereocenters. The van der Waals surface area contributed by atoms with Crippen molar-refractivity contribution in [3.05, 3.63) is 34.9 Å². The molecular weight excluding hydrogens is 196 g/mol. The number of benzene rings is 1. The zero-order valence-corrected chi connectivity index (χ0v) is 8.88. The van der Waals surface area contributed by atoms with Crippen LogP contribution < -0.4 is 5.32 Å². The summed E-state index contributed by atoms with van der Waals surface area (Å²) < 4.78 is 0. The van der Waals surface area contributed by atoms with Gasteiger partial charge in [-0.15, -0.1) is 0 Å². The second kappa shape index (κ2) is 5.64. The highest BCUT2D eigenvalue weighted by atomic mass is 35.5. The smallest absolute Gasteiger partial charge is 0.0635 e. The maximum Gasteiger partial charge on any atom is 0.0635 e. The third-order valence-corrected chi connectivity index (χ3v) is 2.31. The lowest BCUT2D eigenvalue weighted by Gasteiger charge is -2.12. The van der Waals surface area contributed by atoms with Crippen LogP contribution in [0.5, 0.6) is 0 Å². The van der Waals surface area contributed by atoms with Crippen molar-refractivity contribution in [1.82, 2.24) is 5.32 Å². The Balaban J connectivity index is 2.48. The molecule has 0 radical (unpaired) electrons. The summed E-state index contributed by atoms with van der Waals surface area (Å²) in [6.45, 7) is 2.79. The van der Waals surface area contributed by atoms with Gasteiger partial charge in [0.2, 0.25) is 0 Å². The minimum absolute atomic E-state index is 0.264. The van der Waals surface area contributed by atoms with Crippen LogP contribution in [0.25, 0.3) is 0 Å². The molecular formula is C11H13ClN2. The number of nitriles is 1. The SMILES string of the molecule is C[C@H](NCCC#N)c1ccc(Cl)cc1. The van der Waals surface area contributed by atoms with Crippen molar-refractivity contribution in [3.63, 3.8) is 0 Å². The lowest BCUT2D eigenvalue weighted by Crippen LogP contribution is -2.19. The normalized spacial score (nSPS) is 12.1. The average molecular weight is 209 g/mol. The Morgan fingerprint density at radius 2 is 2.07 bits per heavy atom. The van der Waals surface area contributed by atoms with Crippen LogP contribution in [0.1, 0.15) is 24.9 Å². The standard InChI is InChI=1S/C11H13ClN2/c1-9(14-8-2-7-13)10-3-5-11(12)6-4-10/h3-6,9,14H,2,8H2,1H3/t9-/m0/s1. The van der Waals surface area contributed by atoms with Crippen molar-refractivity contribution in [2.45, 2.75) is 19.4 Å². The van der Waals surface area contributed by atoms with E-state index in [4.69, 9.17) is 16.9 Å². The molecule has 1 atom stereocenters. The van der Waals surface area contributed by atoms with E-state index in [0.717, 1.165) is 11.6 Å². The molecule has 0 aliphatic rings. The first kappa shape index (κ1) is 11.0. The highest BCUT2D eigenvalue weighted by Crippen LogP contribution is 2.15. The summed E-state index contributed by atoms with van der Waals surface area (Å²) in [7, 11) is 0. The largest absolute Gasteiger partial charge is 0.309 e. The van der Waals surface area contributed by atoms with E-state index < -0.39 is 0 Å². The zero-order chi connectivity index (χ0) is 10.4. The molecule has 1 aromatic carbocycles. The molecule has 0 bridgehead atoms. The number of halogens is 1. The molecule has 0 aromatic heterocycles. The first-order valence-corrected chi connectivity index (χ1v) is 4.97. The van der Waals surface area contributed by atoms with Crippen molar-refractivity contribution in [1.29, 1.82) is 5.26 Å². The van der Waals surface area contributed by atoms with E-state index >= 15 is 0 Å². The molecule has 3 heteroatoms. The maximum absolute atomic E-state index is 8.38. The van der Waals surface area contributed by atoms with Gasteiger partial charge < -0.3 is 5.32 Å². The number of hydrogen-bond acceptors (Lipinski definition) is 2. The topological polar surface area (TPSA) is 35.8 Å². The van der Waals surface area contributed by atoms with Crippen molar-refractivity contribution in [3.8, 4) is 6.07 Å². The first-order valence-electron chi connectivity index (χ1n) is 4.60. The third-order valence-electron chi connectivity index (χ3n) is 2.06. The van der Waals surface area contributed by atoms with Gasteiger partial charge in [-0.2, -0.15) is 5.26 Å². The fraction of sp³-hybridized carbons (Fsp3) is 0.364. The van der Waals surface area contributed by atoms with Gasteiger partial charge >= 0.3 is 0 Å². The molecule has 2 nitrogen and oxygen atoms in total. The summed E-state index contributed by atoms with van der Waals surface area (Å²) in [6, 6.07) is 10.1. The Hall–Kier alpha value is -1.04. The van der Waals surface area contributed by atoms with Crippen LogP contribution in [-0.4, -0.2) is 6.54 Å². The van der Waals surface area contributed by atoms with E-state index in [1.54, 1.807) is 0 Å². The summed E-state index contributed by atoms with van der Waals surface area (Å²) in [5.74, 6) is 0.